The van der Waals surface area contributed by atoms with Crippen molar-refractivity contribution in [2.75, 3.05) is 0 Å². The first-order valence-electron chi connectivity index (χ1n) is 12.9. The van der Waals surface area contributed by atoms with E-state index in [-0.39, 0.29) is 5.41 Å². The summed E-state index contributed by atoms with van der Waals surface area (Å²) < 4.78 is 11.1. The maximum Gasteiger partial charge on any atom is 0.338 e. The number of hydrogen-bond acceptors (Lipinski definition) is 5. The molecule has 0 unspecified atom stereocenters. The van der Waals surface area contributed by atoms with Crippen molar-refractivity contribution < 1.29 is 24.2 Å². The Balaban J connectivity index is 2.12. The van der Waals surface area contributed by atoms with Gasteiger partial charge in [-0.15, -0.1) is 0 Å². The summed E-state index contributed by atoms with van der Waals surface area (Å²) >= 11 is 7.66. The van der Waals surface area contributed by atoms with Crippen LogP contribution < -0.4 is 4.74 Å². The molecule has 0 radical (unpaired) electrons. The van der Waals surface area contributed by atoms with Crippen LogP contribution >= 0.6 is 31.9 Å². The molecule has 0 saturated carbocycles. The minimum absolute atomic E-state index is 0.122. The Bertz CT molecular complexity index is 1020. The predicted octanol–water partition coefficient (Wildman–Crippen LogP) is 7.45. The highest BCUT2D eigenvalue weighted by Crippen LogP contribution is 2.50. The number of cyclic esters (lactones) is 1. The van der Waals surface area contributed by atoms with E-state index in [9.17, 15) is 14.7 Å². The summed E-state index contributed by atoms with van der Waals surface area (Å²) in [5, 5.41) is 11.2. The third-order valence-electron chi connectivity index (χ3n) is 7.96. The number of carbonyl (C=O) groups excluding carboxylic acids is 2. The van der Waals surface area contributed by atoms with Crippen LogP contribution in [0.5, 0.6) is 5.75 Å². The van der Waals surface area contributed by atoms with Gasteiger partial charge in [-0.2, -0.15) is 0 Å². The van der Waals surface area contributed by atoms with Gasteiger partial charge in [0.25, 0.3) is 0 Å². The molecule has 36 heavy (non-hydrogen) atoms. The fraction of sp³-hybridized carbons (Fsp3) is 0.655. The number of benzene rings is 1. The van der Waals surface area contributed by atoms with Crippen LogP contribution in [-0.2, 0) is 16.0 Å². The van der Waals surface area contributed by atoms with E-state index in [4.69, 9.17) is 9.47 Å². The van der Waals surface area contributed by atoms with Crippen molar-refractivity contribution in [2.45, 2.75) is 114 Å². The average Bonchev–Trinajstić information content (AvgIpc) is 2.76. The SMILES string of the molecule is CC(=O)Oc1ccc2cc1CC1=C(C)CC[C@H](Br)[C@@]1(C)CCC[C@@](C)(O)CC[C@@H](C(C)(C)Br)OC2=O. The van der Waals surface area contributed by atoms with Crippen molar-refractivity contribution in [3.8, 4) is 5.75 Å². The van der Waals surface area contributed by atoms with Crippen molar-refractivity contribution in [2.24, 2.45) is 5.41 Å². The Morgan fingerprint density at radius 3 is 2.53 bits per heavy atom. The monoisotopic (exact) mass is 626 g/mol. The second-order valence-electron chi connectivity index (χ2n) is 11.6. The molecule has 200 valence electrons. The maximum absolute atomic E-state index is 13.3. The summed E-state index contributed by atoms with van der Waals surface area (Å²) in [6, 6.07) is 5.17. The number of alkyl halides is 2. The Morgan fingerprint density at radius 2 is 1.89 bits per heavy atom. The first-order valence-corrected chi connectivity index (χ1v) is 14.6. The van der Waals surface area contributed by atoms with Crippen LogP contribution in [0.4, 0.5) is 0 Å². The number of rotatable bonds is 2. The van der Waals surface area contributed by atoms with Gasteiger partial charge in [-0.1, -0.05) is 49.9 Å². The fourth-order valence-electron chi connectivity index (χ4n) is 5.58. The second-order valence-corrected chi connectivity index (χ2v) is 14.8. The molecular weight excluding hydrogens is 588 g/mol. The van der Waals surface area contributed by atoms with Crippen LogP contribution in [0, 0.1) is 5.41 Å². The molecule has 3 rings (SSSR count). The first-order chi connectivity index (χ1) is 16.6. The zero-order valence-electron chi connectivity index (χ0n) is 22.4. The minimum Gasteiger partial charge on any atom is -0.457 e. The third kappa shape index (κ3) is 7.02. The normalized spacial score (nSPS) is 30.5. The van der Waals surface area contributed by atoms with Gasteiger partial charge in [0.15, 0.2) is 0 Å². The van der Waals surface area contributed by atoms with E-state index in [1.165, 1.54) is 18.1 Å². The lowest BCUT2D eigenvalue weighted by molar-refractivity contribution is -0.131. The minimum atomic E-state index is -0.852. The van der Waals surface area contributed by atoms with Crippen molar-refractivity contribution in [1.29, 1.82) is 0 Å². The van der Waals surface area contributed by atoms with Gasteiger partial charge in [-0.05, 0) is 103 Å². The Morgan fingerprint density at radius 1 is 1.19 bits per heavy atom. The number of halogens is 2. The lowest BCUT2D eigenvalue weighted by Crippen LogP contribution is -2.37. The molecule has 2 bridgehead atoms. The van der Waals surface area contributed by atoms with Gasteiger partial charge in [-0.3, -0.25) is 4.79 Å². The number of ether oxygens (including phenoxy) is 2. The molecule has 1 aliphatic carbocycles. The van der Waals surface area contributed by atoms with Gasteiger partial charge in [0.1, 0.15) is 11.9 Å². The molecule has 0 amide bonds. The Hall–Kier alpha value is -1.18. The Kier molecular flexibility index (Phi) is 9.21. The number of allylic oxidation sites excluding steroid dienone is 2. The predicted molar refractivity (Wildman–Crippen MR) is 150 cm³/mol. The number of fused-ring (bicyclic) bond motifs is 3. The summed E-state index contributed by atoms with van der Waals surface area (Å²) in [4.78, 5) is 25.5. The second kappa shape index (κ2) is 11.3. The average molecular weight is 628 g/mol. The van der Waals surface area contributed by atoms with Crippen LogP contribution in [0.15, 0.2) is 29.3 Å². The van der Waals surface area contributed by atoms with Gasteiger partial charge in [0.05, 0.1) is 15.5 Å². The van der Waals surface area contributed by atoms with E-state index >= 15 is 0 Å². The molecular formula is C29H40Br2O5. The Labute approximate surface area is 232 Å². The highest BCUT2D eigenvalue weighted by molar-refractivity contribution is 9.10. The van der Waals surface area contributed by atoms with E-state index in [0.29, 0.717) is 41.8 Å². The quantitative estimate of drug-likeness (QED) is 0.160. The zero-order chi connectivity index (χ0) is 26.9. The fourth-order valence-corrected chi connectivity index (χ4v) is 6.64. The standard InChI is InChI=1S/C29H40Br2O5/c1-18-8-11-24(30)29(6)14-7-13-28(5,34)15-12-25(27(3,4)31)36-26(33)20-9-10-23(35-19(2)32)21(16-20)17-22(18)29/h9-10,16,24-25,34H,7-8,11-15,17H2,1-6H3/t24-,25-,28+,29-/m0/s1. The summed E-state index contributed by atoms with van der Waals surface area (Å²) in [7, 11) is 0. The molecule has 1 aromatic rings. The van der Waals surface area contributed by atoms with E-state index in [2.05, 4.69) is 45.7 Å². The van der Waals surface area contributed by atoms with E-state index in [1.54, 1.807) is 12.1 Å². The molecule has 0 saturated heterocycles. The zero-order valence-corrected chi connectivity index (χ0v) is 25.6. The third-order valence-corrected chi connectivity index (χ3v) is 9.94. The van der Waals surface area contributed by atoms with E-state index in [0.717, 1.165) is 31.2 Å². The summed E-state index contributed by atoms with van der Waals surface area (Å²) in [6.45, 7) is 11.7. The van der Waals surface area contributed by atoms with Crippen LogP contribution in [0.1, 0.15) is 102 Å². The number of esters is 2. The van der Waals surface area contributed by atoms with Crippen molar-refractivity contribution in [3.05, 3.63) is 40.5 Å². The molecule has 4 atom stereocenters. The molecule has 0 aromatic heterocycles. The van der Waals surface area contributed by atoms with Crippen LogP contribution in [0.2, 0.25) is 0 Å². The number of aliphatic hydroxyl groups is 1. The van der Waals surface area contributed by atoms with E-state index in [1.807, 2.05) is 26.8 Å². The molecule has 1 N–H and O–H groups in total. The summed E-state index contributed by atoms with van der Waals surface area (Å²) in [6.07, 6.45) is 5.75. The highest BCUT2D eigenvalue weighted by Gasteiger charge is 2.41. The molecule has 1 aliphatic heterocycles. The van der Waals surface area contributed by atoms with Crippen molar-refractivity contribution in [3.63, 3.8) is 0 Å². The molecule has 2 aliphatic rings. The molecule has 1 heterocycles. The topological polar surface area (TPSA) is 72.8 Å². The molecule has 0 spiro atoms. The highest BCUT2D eigenvalue weighted by atomic mass is 79.9. The van der Waals surface area contributed by atoms with Crippen LogP contribution in [-0.4, -0.2) is 37.9 Å². The first kappa shape index (κ1) is 29.4. The largest absolute Gasteiger partial charge is 0.457 e. The summed E-state index contributed by atoms with van der Waals surface area (Å²) in [5.41, 5.74) is 2.90. The van der Waals surface area contributed by atoms with Crippen molar-refractivity contribution in [1.82, 2.24) is 0 Å². The smallest absolute Gasteiger partial charge is 0.338 e. The molecule has 1 aromatic carbocycles. The number of carbonyl (C=O) groups is 2. The van der Waals surface area contributed by atoms with Gasteiger partial charge >= 0.3 is 11.9 Å². The van der Waals surface area contributed by atoms with Gasteiger partial charge in [0.2, 0.25) is 0 Å². The summed E-state index contributed by atoms with van der Waals surface area (Å²) in [5.74, 6) is -0.340. The lowest BCUT2D eigenvalue weighted by Gasteiger charge is -2.43. The van der Waals surface area contributed by atoms with Gasteiger partial charge < -0.3 is 14.6 Å². The van der Waals surface area contributed by atoms with Crippen LogP contribution in [0.3, 0.4) is 0 Å². The van der Waals surface area contributed by atoms with Crippen LogP contribution in [0.25, 0.3) is 0 Å². The van der Waals surface area contributed by atoms with Crippen molar-refractivity contribution >= 4 is 43.8 Å². The maximum atomic E-state index is 13.3. The molecule has 0 fully saturated rings. The van der Waals surface area contributed by atoms with Gasteiger partial charge in [-0.25, -0.2) is 4.79 Å². The number of hydrogen-bond donors (Lipinski definition) is 1. The molecule has 5 nitrogen and oxygen atoms in total. The molecule has 7 heteroatoms. The van der Waals surface area contributed by atoms with Gasteiger partial charge in [0, 0.05) is 17.2 Å². The van der Waals surface area contributed by atoms with E-state index < -0.39 is 28.0 Å². The lowest BCUT2D eigenvalue weighted by atomic mass is 9.66.